The highest BCUT2D eigenvalue weighted by Gasteiger charge is 2.16. The van der Waals surface area contributed by atoms with Crippen molar-refractivity contribution in [3.63, 3.8) is 0 Å². The standard InChI is InChI=1S/C9H9Br2NO2S/c1-5(2)8(12(13)14)4-6-3-7(10)9(11)15-6/h3-5H,1-2H3. The Morgan fingerprint density at radius 3 is 2.53 bits per heavy atom. The predicted molar refractivity (Wildman–Crippen MR) is 69.5 cm³/mol. The van der Waals surface area contributed by atoms with E-state index < -0.39 is 0 Å². The Morgan fingerprint density at radius 1 is 1.60 bits per heavy atom. The van der Waals surface area contributed by atoms with Crippen LogP contribution < -0.4 is 0 Å². The number of hydrogen-bond acceptors (Lipinski definition) is 3. The second-order valence-corrected chi connectivity index (χ2v) is 6.51. The Labute approximate surface area is 109 Å². The first-order valence-corrected chi connectivity index (χ1v) is 6.63. The molecule has 0 aromatic carbocycles. The van der Waals surface area contributed by atoms with Gasteiger partial charge in [0.05, 0.1) is 8.71 Å². The highest BCUT2D eigenvalue weighted by atomic mass is 79.9. The number of nitrogens with zero attached hydrogens (tertiary/aromatic N) is 1. The Morgan fingerprint density at radius 2 is 2.20 bits per heavy atom. The molecule has 1 rings (SSSR count). The number of halogens is 2. The average Bonchev–Trinajstić information content (AvgIpc) is 2.41. The van der Waals surface area contributed by atoms with Crippen LogP contribution in [0.15, 0.2) is 20.0 Å². The number of thiophene rings is 1. The van der Waals surface area contributed by atoms with Gasteiger partial charge >= 0.3 is 0 Å². The normalized spacial score (nSPS) is 12.2. The Kier molecular flexibility index (Phi) is 4.48. The first-order chi connectivity index (χ1) is 6.91. The lowest BCUT2D eigenvalue weighted by molar-refractivity contribution is -0.431. The maximum absolute atomic E-state index is 10.8. The van der Waals surface area contributed by atoms with E-state index in [-0.39, 0.29) is 16.5 Å². The van der Waals surface area contributed by atoms with Crippen LogP contribution in [0, 0.1) is 16.0 Å². The monoisotopic (exact) mass is 353 g/mol. The first-order valence-electron chi connectivity index (χ1n) is 4.22. The lowest BCUT2D eigenvalue weighted by atomic mass is 10.1. The maximum atomic E-state index is 10.8. The molecule has 0 spiro atoms. The van der Waals surface area contributed by atoms with Crippen LogP contribution in [0.25, 0.3) is 6.08 Å². The van der Waals surface area contributed by atoms with E-state index >= 15 is 0 Å². The third-order valence-electron chi connectivity index (χ3n) is 1.76. The number of rotatable bonds is 3. The van der Waals surface area contributed by atoms with Crippen molar-refractivity contribution in [2.24, 2.45) is 5.92 Å². The molecule has 15 heavy (non-hydrogen) atoms. The summed E-state index contributed by atoms with van der Waals surface area (Å²) < 4.78 is 1.87. The lowest BCUT2D eigenvalue weighted by Gasteiger charge is -1.99. The second kappa shape index (κ2) is 5.23. The summed E-state index contributed by atoms with van der Waals surface area (Å²) in [6, 6.07) is 1.86. The second-order valence-electron chi connectivity index (χ2n) is 3.25. The Bertz CT molecular complexity index is 393. The summed E-state index contributed by atoms with van der Waals surface area (Å²) in [5.74, 6) is -0.0837. The van der Waals surface area contributed by atoms with E-state index in [1.165, 1.54) is 11.3 Å². The van der Waals surface area contributed by atoms with Crippen LogP contribution in [0.5, 0.6) is 0 Å². The molecule has 1 aromatic rings. The van der Waals surface area contributed by atoms with Crippen molar-refractivity contribution in [2.75, 3.05) is 0 Å². The molecule has 0 saturated heterocycles. The molecular weight excluding hydrogens is 346 g/mol. The molecule has 3 nitrogen and oxygen atoms in total. The van der Waals surface area contributed by atoms with E-state index in [1.807, 2.05) is 19.9 Å². The van der Waals surface area contributed by atoms with E-state index in [4.69, 9.17) is 0 Å². The number of hydrogen-bond donors (Lipinski definition) is 0. The van der Waals surface area contributed by atoms with Crippen LogP contribution in [-0.2, 0) is 0 Å². The van der Waals surface area contributed by atoms with Crippen molar-refractivity contribution in [3.05, 3.63) is 35.0 Å². The van der Waals surface area contributed by atoms with E-state index in [0.717, 1.165) is 13.1 Å². The third-order valence-corrected chi connectivity index (χ3v) is 4.96. The van der Waals surface area contributed by atoms with Crippen LogP contribution in [-0.4, -0.2) is 4.92 Å². The molecule has 0 atom stereocenters. The van der Waals surface area contributed by atoms with E-state index in [1.54, 1.807) is 6.08 Å². The summed E-state index contributed by atoms with van der Waals surface area (Å²) in [6.07, 6.45) is 1.62. The van der Waals surface area contributed by atoms with E-state index in [2.05, 4.69) is 31.9 Å². The van der Waals surface area contributed by atoms with Crippen molar-refractivity contribution < 1.29 is 4.92 Å². The van der Waals surface area contributed by atoms with Gasteiger partial charge in [-0.25, -0.2) is 0 Å². The van der Waals surface area contributed by atoms with Crippen LogP contribution in [0.3, 0.4) is 0 Å². The number of allylic oxidation sites excluding steroid dienone is 1. The summed E-state index contributed by atoms with van der Waals surface area (Å²) in [7, 11) is 0. The van der Waals surface area contributed by atoms with Gasteiger partial charge < -0.3 is 0 Å². The molecule has 0 amide bonds. The van der Waals surface area contributed by atoms with Gasteiger partial charge in [-0.15, -0.1) is 11.3 Å². The van der Waals surface area contributed by atoms with Crippen LogP contribution in [0.1, 0.15) is 18.7 Å². The molecule has 0 aliphatic carbocycles. The van der Waals surface area contributed by atoms with Gasteiger partial charge in [-0.3, -0.25) is 10.1 Å². The smallest absolute Gasteiger partial charge is 0.250 e. The Balaban J connectivity index is 3.07. The van der Waals surface area contributed by atoms with Gasteiger partial charge in [0, 0.05) is 21.3 Å². The third kappa shape index (κ3) is 3.39. The zero-order chi connectivity index (χ0) is 11.6. The quantitative estimate of drug-likeness (QED) is 0.590. The molecule has 0 fully saturated rings. The molecule has 0 N–H and O–H groups in total. The molecule has 0 radical (unpaired) electrons. The number of nitro groups is 1. The summed E-state index contributed by atoms with van der Waals surface area (Å²) in [4.78, 5) is 11.3. The molecule has 82 valence electrons. The summed E-state index contributed by atoms with van der Waals surface area (Å²) in [5, 5.41) is 10.8. The van der Waals surface area contributed by atoms with Crippen molar-refractivity contribution in [3.8, 4) is 0 Å². The molecular formula is C9H9Br2NO2S. The summed E-state index contributed by atoms with van der Waals surface area (Å²) >= 11 is 8.16. The minimum atomic E-state index is -0.327. The van der Waals surface area contributed by atoms with Crippen molar-refractivity contribution >= 4 is 49.3 Å². The SMILES string of the molecule is CC(C)C(=Cc1cc(Br)c(Br)s1)[N+](=O)[O-]. The zero-order valence-corrected chi connectivity index (χ0v) is 12.1. The Hall–Kier alpha value is -0.200. The molecule has 1 aromatic heterocycles. The summed E-state index contributed by atoms with van der Waals surface area (Å²) in [6.45, 7) is 3.62. The molecule has 0 bridgehead atoms. The van der Waals surface area contributed by atoms with Crippen molar-refractivity contribution in [2.45, 2.75) is 13.8 Å². The first kappa shape index (κ1) is 12.9. The van der Waals surface area contributed by atoms with Crippen LogP contribution in [0.2, 0.25) is 0 Å². The molecule has 0 aliphatic rings. The predicted octanol–water partition coefficient (Wildman–Crippen LogP) is 4.55. The highest BCUT2D eigenvalue weighted by molar-refractivity contribution is 9.13. The van der Waals surface area contributed by atoms with E-state index in [0.29, 0.717) is 0 Å². The minimum Gasteiger partial charge on any atom is -0.259 e. The van der Waals surface area contributed by atoms with Gasteiger partial charge in [-0.05, 0) is 37.9 Å². The van der Waals surface area contributed by atoms with Gasteiger partial charge in [-0.2, -0.15) is 0 Å². The summed E-state index contributed by atoms with van der Waals surface area (Å²) in [5.41, 5.74) is 0.233. The minimum absolute atomic E-state index is 0.0837. The largest absolute Gasteiger partial charge is 0.259 e. The maximum Gasteiger partial charge on any atom is 0.250 e. The van der Waals surface area contributed by atoms with Gasteiger partial charge in [0.2, 0.25) is 5.70 Å². The fourth-order valence-electron chi connectivity index (χ4n) is 1.01. The van der Waals surface area contributed by atoms with Crippen molar-refractivity contribution in [1.29, 1.82) is 0 Å². The van der Waals surface area contributed by atoms with E-state index in [9.17, 15) is 10.1 Å². The van der Waals surface area contributed by atoms with Gasteiger partial charge in [0.15, 0.2) is 0 Å². The van der Waals surface area contributed by atoms with Gasteiger partial charge in [0.1, 0.15) is 0 Å². The topological polar surface area (TPSA) is 43.1 Å². The molecule has 0 aliphatic heterocycles. The van der Waals surface area contributed by atoms with Crippen molar-refractivity contribution in [1.82, 2.24) is 0 Å². The lowest BCUT2D eigenvalue weighted by Crippen LogP contribution is -2.04. The molecule has 0 unspecified atom stereocenters. The molecule has 6 heteroatoms. The fourth-order valence-corrected chi connectivity index (χ4v) is 3.05. The van der Waals surface area contributed by atoms with Gasteiger partial charge in [-0.1, -0.05) is 13.8 Å². The van der Waals surface area contributed by atoms with Gasteiger partial charge in [0.25, 0.3) is 0 Å². The molecule has 1 heterocycles. The van der Waals surface area contributed by atoms with Crippen LogP contribution >= 0.6 is 43.2 Å². The average molecular weight is 355 g/mol. The molecule has 0 saturated carbocycles. The highest BCUT2D eigenvalue weighted by Crippen LogP contribution is 2.34. The zero-order valence-electron chi connectivity index (χ0n) is 8.16. The van der Waals surface area contributed by atoms with Crippen LogP contribution in [0.4, 0.5) is 0 Å². The fraction of sp³-hybridized carbons (Fsp3) is 0.333.